The van der Waals surface area contributed by atoms with E-state index < -0.39 is 18.2 Å². The molecule has 2 amide bonds. The second-order valence-corrected chi connectivity index (χ2v) is 5.77. The Bertz CT molecular complexity index is 552. The van der Waals surface area contributed by atoms with Crippen LogP contribution in [0.4, 0.5) is 10.5 Å². The predicted molar refractivity (Wildman–Crippen MR) is 80.8 cm³/mol. The number of anilines is 1. The molecular weight excluding hydrogens is 284 g/mol. The molecule has 22 heavy (non-hydrogen) atoms. The van der Waals surface area contributed by atoms with Crippen molar-refractivity contribution in [3.05, 3.63) is 24.3 Å². The van der Waals surface area contributed by atoms with Gasteiger partial charge >= 0.3 is 6.09 Å². The molecule has 0 aromatic heterocycles. The van der Waals surface area contributed by atoms with Crippen molar-refractivity contribution >= 4 is 17.7 Å². The summed E-state index contributed by atoms with van der Waals surface area (Å²) in [5, 5.41) is 5.25. The minimum absolute atomic E-state index is 0.289. The third kappa shape index (κ3) is 3.32. The highest BCUT2D eigenvalue weighted by atomic mass is 16.6. The lowest BCUT2D eigenvalue weighted by Gasteiger charge is -2.15. The van der Waals surface area contributed by atoms with Crippen molar-refractivity contribution in [3.63, 3.8) is 0 Å². The van der Waals surface area contributed by atoms with E-state index in [1.165, 1.54) is 12.8 Å². The number of benzene rings is 1. The van der Waals surface area contributed by atoms with Gasteiger partial charge in [0.1, 0.15) is 17.9 Å². The van der Waals surface area contributed by atoms with Gasteiger partial charge < -0.3 is 20.1 Å². The highest BCUT2D eigenvalue weighted by Crippen LogP contribution is 2.25. The van der Waals surface area contributed by atoms with Crippen LogP contribution in [0, 0.1) is 0 Å². The van der Waals surface area contributed by atoms with Gasteiger partial charge in [0.05, 0.1) is 6.10 Å². The number of carbonyl (C=O) groups excluding carboxylic acids is 2. The second kappa shape index (κ2) is 6.25. The molecule has 1 aromatic carbocycles. The molecule has 2 atom stereocenters. The molecule has 0 bridgehead atoms. The number of rotatable bonds is 4. The Balaban J connectivity index is 1.56. The summed E-state index contributed by atoms with van der Waals surface area (Å²) in [6.07, 6.45) is 3.95. The Hall–Kier alpha value is -2.24. The van der Waals surface area contributed by atoms with E-state index in [4.69, 9.17) is 9.47 Å². The molecule has 0 spiro atoms. The predicted octanol–water partition coefficient (Wildman–Crippen LogP) is 2.44. The summed E-state index contributed by atoms with van der Waals surface area (Å²) in [5.41, 5.74) is 0.664. The Morgan fingerprint density at radius 2 is 1.95 bits per heavy atom. The van der Waals surface area contributed by atoms with Crippen LogP contribution in [-0.2, 0) is 9.53 Å². The summed E-state index contributed by atoms with van der Waals surface area (Å²) >= 11 is 0. The monoisotopic (exact) mass is 304 g/mol. The molecule has 6 heteroatoms. The minimum atomic E-state index is -0.665. The van der Waals surface area contributed by atoms with Gasteiger partial charge in [-0.25, -0.2) is 4.79 Å². The Morgan fingerprint density at radius 3 is 2.55 bits per heavy atom. The molecule has 1 saturated heterocycles. The van der Waals surface area contributed by atoms with Crippen molar-refractivity contribution < 1.29 is 19.1 Å². The van der Waals surface area contributed by atoms with Gasteiger partial charge in [-0.05, 0) is 56.9 Å². The molecule has 118 valence electrons. The Kier molecular flexibility index (Phi) is 4.18. The van der Waals surface area contributed by atoms with Crippen LogP contribution in [0.25, 0.3) is 0 Å². The van der Waals surface area contributed by atoms with Crippen LogP contribution < -0.4 is 15.4 Å². The maximum absolute atomic E-state index is 12.1. The smallest absolute Gasteiger partial charge is 0.408 e. The summed E-state index contributed by atoms with van der Waals surface area (Å²) < 4.78 is 10.8. The van der Waals surface area contributed by atoms with Crippen molar-refractivity contribution in [2.24, 2.45) is 0 Å². The maximum atomic E-state index is 12.1. The molecule has 1 heterocycles. The van der Waals surface area contributed by atoms with Crippen molar-refractivity contribution in [1.82, 2.24) is 5.32 Å². The Morgan fingerprint density at radius 1 is 1.27 bits per heavy atom. The number of nitrogens with one attached hydrogen (secondary N) is 2. The lowest BCUT2D eigenvalue weighted by atomic mass is 10.2. The van der Waals surface area contributed by atoms with Crippen LogP contribution in [-0.4, -0.2) is 30.3 Å². The van der Waals surface area contributed by atoms with Crippen LogP contribution in [0.5, 0.6) is 5.75 Å². The van der Waals surface area contributed by atoms with Crippen molar-refractivity contribution in [1.29, 1.82) is 0 Å². The largest absolute Gasteiger partial charge is 0.490 e. The zero-order valence-corrected chi connectivity index (χ0v) is 12.5. The van der Waals surface area contributed by atoms with Crippen LogP contribution in [0.3, 0.4) is 0 Å². The zero-order valence-electron chi connectivity index (χ0n) is 12.5. The maximum Gasteiger partial charge on any atom is 0.408 e. The average Bonchev–Trinajstić information content (AvgIpc) is 3.10. The van der Waals surface area contributed by atoms with E-state index in [0.717, 1.165) is 18.6 Å². The van der Waals surface area contributed by atoms with E-state index in [2.05, 4.69) is 10.6 Å². The first-order chi connectivity index (χ1) is 10.6. The van der Waals surface area contributed by atoms with Crippen molar-refractivity contribution in [3.8, 4) is 5.75 Å². The molecule has 3 rings (SSSR count). The standard InChI is InChI=1S/C16H20N2O4/c1-10-14(18-16(20)21-10)15(19)17-11-6-8-13(9-7-11)22-12-4-2-3-5-12/h6-10,12,14H,2-5H2,1H3,(H,17,19)(H,18,20)/t10-,14-/m1/s1. The van der Waals surface area contributed by atoms with E-state index >= 15 is 0 Å². The topological polar surface area (TPSA) is 76.7 Å². The fourth-order valence-electron chi connectivity index (χ4n) is 2.83. The SMILES string of the molecule is C[C@H]1OC(=O)N[C@H]1C(=O)Nc1ccc(OC2CCCC2)cc1. The molecule has 0 unspecified atom stereocenters. The average molecular weight is 304 g/mol. The van der Waals surface area contributed by atoms with Crippen LogP contribution in [0.2, 0.25) is 0 Å². The highest BCUT2D eigenvalue weighted by Gasteiger charge is 2.36. The first kappa shape index (κ1) is 14.7. The van der Waals surface area contributed by atoms with E-state index in [9.17, 15) is 9.59 Å². The third-order valence-electron chi connectivity index (χ3n) is 4.04. The van der Waals surface area contributed by atoms with Gasteiger partial charge in [0.25, 0.3) is 5.91 Å². The number of ether oxygens (including phenoxy) is 2. The summed E-state index contributed by atoms with van der Waals surface area (Å²) in [7, 11) is 0. The van der Waals surface area contributed by atoms with E-state index in [0.29, 0.717) is 11.8 Å². The molecule has 2 N–H and O–H groups in total. The van der Waals surface area contributed by atoms with Crippen LogP contribution in [0.15, 0.2) is 24.3 Å². The van der Waals surface area contributed by atoms with Crippen molar-refractivity contribution in [2.75, 3.05) is 5.32 Å². The van der Waals surface area contributed by atoms with E-state index in [1.807, 2.05) is 12.1 Å². The van der Waals surface area contributed by atoms with E-state index in [1.54, 1.807) is 19.1 Å². The second-order valence-electron chi connectivity index (χ2n) is 5.77. The molecule has 1 saturated carbocycles. The molecule has 2 aliphatic rings. The van der Waals surface area contributed by atoms with Gasteiger partial charge in [0.15, 0.2) is 0 Å². The first-order valence-corrected chi connectivity index (χ1v) is 7.66. The lowest BCUT2D eigenvalue weighted by Crippen LogP contribution is -2.41. The molecule has 2 fully saturated rings. The third-order valence-corrected chi connectivity index (χ3v) is 4.04. The Labute approximate surface area is 129 Å². The summed E-state index contributed by atoms with van der Waals surface area (Å²) in [6, 6.07) is 6.62. The van der Waals surface area contributed by atoms with Gasteiger partial charge in [0.2, 0.25) is 0 Å². The summed E-state index contributed by atoms with van der Waals surface area (Å²) in [6.45, 7) is 1.68. The molecule has 1 aliphatic carbocycles. The quantitative estimate of drug-likeness (QED) is 0.895. The molecule has 1 aliphatic heterocycles. The van der Waals surface area contributed by atoms with Gasteiger partial charge in [-0.3, -0.25) is 4.79 Å². The fourth-order valence-corrected chi connectivity index (χ4v) is 2.83. The normalized spacial score (nSPS) is 24.7. The zero-order chi connectivity index (χ0) is 15.5. The molecule has 1 aromatic rings. The minimum Gasteiger partial charge on any atom is -0.490 e. The fraction of sp³-hybridized carbons (Fsp3) is 0.500. The van der Waals surface area contributed by atoms with Gasteiger partial charge in [-0.2, -0.15) is 0 Å². The van der Waals surface area contributed by atoms with Gasteiger partial charge in [-0.1, -0.05) is 0 Å². The van der Waals surface area contributed by atoms with Gasteiger partial charge in [-0.15, -0.1) is 0 Å². The number of amides is 2. The first-order valence-electron chi connectivity index (χ1n) is 7.66. The molecule has 6 nitrogen and oxygen atoms in total. The van der Waals surface area contributed by atoms with Gasteiger partial charge in [0, 0.05) is 5.69 Å². The van der Waals surface area contributed by atoms with Crippen LogP contribution in [0.1, 0.15) is 32.6 Å². The van der Waals surface area contributed by atoms with E-state index in [-0.39, 0.29) is 5.91 Å². The number of alkyl carbamates (subject to hydrolysis) is 1. The molecular formula is C16H20N2O4. The van der Waals surface area contributed by atoms with Crippen molar-refractivity contribution in [2.45, 2.75) is 50.9 Å². The lowest BCUT2D eigenvalue weighted by molar-refractivity contribution is -0.118. The number of carbonyl (C=O) groups is 2. The van der Waals surface area contributed by atoms with Crippen LogP contribution >= 0.6 is 0 Å². The number of cyclic esters (lactones) is 1. The number of hydrogen-bond donors (Lipinski definition) is 2. The summed E-state index contributed by atoms with van der Waals surface area (Å²) in [4.78, 5) is 23.2. The highest BCUT2D eigenvalue weighted by molar-refractivity contribution is 5.98. The number of hydrogen-bond acceptors (Lipinski definition) is 4. The molecule has 0 radical (unpaired) electrons. The summed E-state index contributed by atoms with van der Waals surface area (Å²) in [5.74, 6) is 0.526.